The van der Waals surface area contributed by atoms with E-state index in [4.69, 9.17) is 9.47 Å². The molecule has 2 fully saturated rings. The molecule has 0 unspecified atom stereocenters. The molecular weight excluding hydrogens is 400 g/mol. The lowest BCUT2D eigenvalue weighted by Crippen LogP contribution is -2.44. The van der Waals surface area contributed by atoms with E-state index < -0.39 is 10.0 Å². The Bertz CT molecular complexity index is 977. The average Bonchev–Trinajstić information content (AvgIpc) is 3.17. The second-order valence-corrected chi connectivity index (χ2v) is 10.4. The zero-order chi connectivity index (χ0) is 21.2. The van der Waals surface area contributed by atoms with Crippen LogP contribution in [0.15, 0.2) is 53.4 Å². The van der Waals surface area contributed by atoms with Gasteiger partial charge in [-0.3, -0.25) is 4.90 Å². The van der Waals surface area contributed by atoms with Crippen molar-refractivity contribution in [1.82, 2.24) is 9.21 Å². The number of likely N-dealkylation sites (tertiary alicyclic amines) is 1. The maximum Gasteiger partial charge on any atom is 0.243 e. The third-order valence-corrected chi connectivity index (χ3v) is 8.24. The van der Waals surface area contributed by atoms with Crippen LogP contribution in [0, 0.1) is 5.41 Å². The summed E-state index contributed by atoms with van der Waals surface area (Å²) in [4.78, 5) is 2.80. The molecule has 2 aromatic rings. The minimum absolute atomic E-state index is 0.0384. The SMILES string of the molecule is COc1ccc(S(=O)(=O)N2CC[C@@]3(CCCN(Cc4cccc(OC)c4)C3)C2)cc1. The van der Waals surface area contributed by atoms with Crippen molar-refractivity contribution in [2.24, 2.45) is 5.41 Å². The fourth-order valence-electron chi connectivity index (χ4n) is 4.80. The van der Waals surface area contributed by atoms with Gasteiger partial charge >= 0.3 is 0 Å². The highest BCUT2D eigenvalue weighted by Gasteiger charge is 2.45. The predicted molar refractivity (Wildman–Crippen MR) is 116 cm³/mol. The van der Waals surface area contributed by atoms with Gasteiger partial charge in [-0.05, 0) is 73.2 Å². The Balaban J connectivity index is 1.45. The van der Waals surface area contributed by atoms with E-state index in [1.807, 2.05) is 12.1 Å². The molecule has 2 aliphatic heterocycles. The van der Waals surface area contributed by atoms with E-state index in [-0.39, 0.29) is 5.41 Å². The number of hydrogen-bond acceptors (Lipinski definition) is 5. The van der Waals surface area contributed by atoms with Gasteiger partial charge in [0.25, 0.3) is 0 Å². The zero-order valence-electron chi connectivity index (χ0n) is 17.7. The lowest BCUT2D eigenvalue weighted by Gasteiger charge is -2.40. The average molecular weight is 431 g/mol. The van der Waals surface area contributed by atoms with E-state index in [0.717, 1.165) is 44.6 Å². The topological polar surface area (TPSA) is 59.1 Å². The zero-order valence-corrected chi connectivity index (χ0v) is 18.5. The number of hydrogen-bond donors (Lipinski definition) is 0. The van der Waals surface area contributed by atoms with Crippen molar-refractivity contribution < 1.29 is 17.9 Å². The first kappa shape index (κ1) is 21.2. The van der Waals surface area contributed by atoms with Crippen LogP contribution < -0.4 is 9.47 Å². The maximum atomic E-state index is 13.2. The van der Waals surface area contributed by atoms with Gasteiger partial charge in [-0.15, -0.1) is 0 Å². The molecule has 0 saturated carbocycles. The van der Waals surface area contributed by atoms with Crippen molar-refractivity contribution >= 4 is 10.0 Å². The predicted octanol–water partition coefficient (Wildman–Crippen LogP) is 3.38. The first-order chi connectivity index (χ1) is 14.4. The molecule has 6 nitrogen and oxygen atoms in total. The molecule has 2 heterocycles. The van der Waals surface area contributed by atoms with Gasteiger partial charge in [-0.1, -0.05) is 12.1 Å². The van der Waals surface area contributed by atoms with Crippen molar-refractivity contribution in [3.63, 3.8) is 0 Å². The van der Waals surface area contributed by atoms with Gasteiger partial charge in [0.2, 0.25) is 10.0 Å². The summed E-state index contributed by atoms with van der Waals surface area (Å²) in [6, 6.07) is 14.9. The van der Waals surface area contributed by atoms with E-state index in [0.29, 0.717) is 23.7 Å². The Kier molecular flexibility index (Phi) is 6.04. The standard InChI is InChI=1S/C23H30N2O4S/c1-28-20-7-9-22(10-8-20)30(26,27)25-14-12-23(18-25)11-4-13-24(17-23)16-19-5-3-6-21(15-19)29-2/h3,5-10,15H,4,11-14,16-18H2,1-2H3/t23-/m1/s1. The summed E-state index contributed by atoms with van der Waals surface area (Å²) in [5.74, 6) is 1.53. The number of sulfonamides is 1. The molecule has 2 aliphatic rings. The van der Waals surface area contributed by atoms with Crippen LogP contribution in [0.3, 0.4) is 0 Å². The van der Waals surface area contributed by atoms with Crippen molar-refractivity contribution in [2.45, 2.75) is 30.7 Å². The van der Waals surface area contributed by atoms with Crippen LogP contribution in [0.4, 0.5) is 0 Å². The number of rotatable bonds is 6. The third kappa shape index (κ3) is 4.33. The van der Waals surface area contributed by atoms with E-state index >= 15 is 0 Å². The van der Waals surface area contributed by atoms with Crippen molar-refractivity contribution in [3.05, 3.63) is 54.1 Å². The smallest absolute Gasteiger partial charge is 0.243 e. The molecule has 0 bridgehead atoms. The summed E-state index contributed by atoms with van der Waals surface area (Å²) in [6.45, 7) is 4.02. The monoisotopic (exact) mass is 430 g/mol. The first-order valence-electron chi connectivity index (χ1n) is 10.4. The first-order valence-corrected chi connectivity index (χ1v) is 11.9. The fourth-order valence-corrected chi connectivity index (χ4v) is 6.36. The molecule has 0 amide bonds. The Labute approximate surface area is 179 Å². The molecule has 2 saturated heterocycles. The maximum absolute atomic E-state index is 13.2. The summed E-state index contributed by atoms with van der Waals surface area (Å²) in [6.07, 6.45) is 3.09. The van der Waals surface area contributed by atoms with Gasteiger partial charge in [-0.25, -0.2) is 8.42 Å². The molecule has 30 heavy (non-hydrogen) atoms. The largest absolute Gasteiger partial charge is 0.497 e. The van der Waals surface area contributed by atoms with Crippen molar-refractivity contribution in [1.29, 1.82) is 0 Å². The summed E-state index contributed by atoms with van der Waals surface area (Å²) < 4.78 is 38.5. The van der Waals surface area contributed by atoms with Crippen LogP contribution in [0.2, 0.25) is 0 Å². The number of benzene rings is 2. The van der Waals surface area contributed by atoms with Crippen molar-refractivity contribution in [3.8, 4) is 11.5 Å². The Morgan fingerprint density at radius 1 is 0.933 bits per heavy atom. The van der Waals surface area contributed by atoms with Crippen LogP contribution in [0.25, 0.3) is 0 Å². The van der Waals surface area contributed by atoms with Crippen LogP contribution in [-0.2, 0) is 16.6 Å². The van der Waals surface area contributed by atoms with E-state index in [1.165, 1.54) is 5.56 Å². The lowest BCUT2D eigenvalue weighted by atomic mass is 9.79. The third-order valence-electron chi connectivity index (χ3n) is 6.38. The number of methoxy groups -OCH3 is 2. The van der Waals surface area contributed by atoms with Gasteiger partial charge in [0, 0.05) is 26.2 Å². The van der Waals surface area contributed by atoms with Crippen LogP contribution in [0.1, 0.15) is 24.8 Å². The van der Waals surface area contributed by atoms with Gasteiger partial charge in [0.1, 0.15) is 11.5 Å². The Hall–Kier alpha value is -2.09. The molecule has 0 aliphatic carbocycles. The normalized spacial score (nSPS) is 23.0. The second kappa shape index (κ2) is 8.57. The van der Waals surface area contributed by atoms with Gasteiger partial charge in [0.05, 0.1) is 19.1 Å². The van der Waals surface area contributed by atoms with Gasteiger partial charge < -0.3 is 9.47 Å². The summed E-state index contributed by atoms with van der Waals surface area (Å²) >= 11 is 0. The molecule has 4 rings (SSSR count). The minimum Gasteiger partial charge on any atom is -0.497 e. The molecule has 1 spiro atoms. The van der Waals surface area contributed by atoms with Crippen LogP contribution in [0.5, 0.6) is 11.5 Å². The Morgan fingerprint density at radius 3 is 2.43 bits per heavy atom. The Morgan fingerprint density at radius 2 is 1.70 bits per heavy atom. The van der Waals surface area contributed by atoms with Gasteiger partial charge in [-0.2, -0.15) is 4.31 Å². The molecule has 7 heteroatoms. The van der Waals surface area contributed by atoms with Gasteiger partial charge in [0.15, 0.2) is 0 Å². The molecule has 0 N–H and O–H groups in total. The van der Waals surface area contributed by atoms with Crippen molar-refractivity contribution in [2.75, 3.05) is 40.4 Å². The minimum atomic E-state index is -3.48. The quantitative estimate of drug-likeness (QED) is 0.703. The molecule has 2 aromatic carbocycles. The number of nitrogens with zero attached hydrogens (tertiary/aromatic N) is 2. The van der Waals surface area contributed by atoms with Crippen LogP contribution in [-0.4, -0.2) is 58.0 Å². The highest BCUT2D eigenvalue weighted by Crippen LogP contribution is 2.41. The summed E-state index contributed by atoms with van der Waals surface area (Å²) in [5.41, 5.74) is 1.27. The second-order valence-electron chi connectivity index (χ2n) is 8.43. The van der Waals surface area contributed by atoms with E-state index in [1.54, 1.807) is 42.8 Å². The summed E-state index contributed by atoms with van der Waals surface area (Å²) in [7, 11) is -0.218. The highest BCUT2D eigenvalue weighted by molar-refractivity contribution is 7.89. The fraction of sp³-hybridized carbons (Fsp3) is 0.478. The lowest BCUT2D eigenvalue weighted by molar-refractivity contribution is 0.0934. The molecule has 0 radical (unpaired) electrons. The molecular formula is C23H30N2O4S. The van der Waals surface area contributed by atoms with E-state index in [9.17, 15) is 8.42 Å². The highest BCUT2D eigenvalue weighted by atomic mass is 32.2. The summed E-state index contributed by atoms with van der Waals surface area (Å²) in [5, 5.41) is 0. The number of ether oxygens (including phenoxy) is 2. The van der Waals surface area contributed by atoms with Crippen LogP contribution >= 0.6 is 0 Å². The molecule has 0 aromatic heterocycles. The molecule has 1 atom stereocenters. The molecule has 162 valence electrons. The van der Waals surface area contributed by atoms with E-state index in [2.05, 4.69) is 17.0 Å². The number of piperidine rings is 1.